The number of urea groups is 1. The number of carbonyl (C=O) groups excluding carboxylic acids is 2. The van der Waals surface area contributed by atoms with Crippen LogP contribution in [0.15, 0.2) is 24.3 Å². The van der Waals surface area contributed by atoms with Gasteiger partial charge in [-0.2, -0.15) is 0 Å². The number of alkyl carbamates (subject to hydrolysis) is 1. The summed E-state index contributed by atoms with van der Waals surface area (Å²) in [5, 5.41) is 28.8. The monoisotopic (exact) mass is 509 g/mol. The van der Waals surface area contributed by atoms with Crippen LogP contribution < -0.4 is 16.0 Å². The molecule has 3 amide bonds. The van der Waals surface area contributed by atoms with Gasteiger partial charge >= 0.3 is 24.1 Å². The third kappa shape index (κ3) is 4.51. The molecule has 5 N–H and O–H groups in total. The van der Waals surface area contributed by atoms with Crippen LogP contribution in [-0.4, -0.2) is 51.5 Å². The minimum absolute atomic E-state index is 0.257. The van der Waals surface area contributed by atoms with Gasteiger partial charge in [0.05, 0.1) is 5.92 Å². The van der Waals surface area contributed by atoms with E-state index < -0.39 is 64.4 Å². The van der Waals surface area contributed by atoms with Crippen LogP contribution in [0, 0.1) is 23.2 Å². The summed E-state index contributed by atoms with van der Waals surface area (Å²) in [6.45, 7) is 8.47. The van der Waals surface area contributed by atoms with Crippen molar-refractivity contribution < 1.29 is 34.1 Å². The van der Waals surface area contributed by atoms with Crippen LogP contribution in [0.2, 0.25) is 5.02 Å². The van der Waals surface area contributed by atoms with E-state index >= 15 is 0 Å². The highest BCUT2D eigenvalue weighted by Crippen LogP contribution is 2.71. The maximum Gasteiger partial charge on any atom is 0.408 e. The molecular formula is C24H32ClN3O7. The lowest BCUT2D eigenvalue weighted by molar-refractivity contribution is -0.155. The van der Waals surface area contributed by atoms with Crippen LogP contribution in [0.1, 0.15) is 47.5 Å². The SMILES string of the molecule is CCC1(CC)[C@@H](NC(=O)Nc2cccc(Cl)c2)[C@@H]2[C@@H](C(=O)O)[C@H]2[C@@]1(NC(=O)OC(C)(C)C)C(=O)O. The number of benzene rings is 1. The van der Waals surface area contributed by atoms with Crippen molar-refractivity contribution in [2.24, 2.45) is 23.2 Å². The van der Waals surface area contributed by atoms with Crippen LogP contribution in [0.4, 0.5) is 15.3 Å². The van der Waals surface area contributed by atoms with Crippen molar-refractivity contribution in [3.63, 3.8) is 0 Å². The summed E-state index contributed by atoms with van der Waals surface area (Å²) >= 11 is 5.98. The summed E-state index contributed by atoms with van der Waals surface area (Å²) < 4.78 is 5.35. The summed E-state index contributed by atoms with van der Waals surface area (Å²) in [4.78, 5) is 50.8. The van der Waals surface area contributed by atoms with E-state index in [9.17, 15) is 29.4 Å². The number of fused-ring (bicyclic) bond motifs is 1. The van der Waals surface area contributed by atoms with Gasteiger partial charge in [-0.3, -0.25) is 4.79 Å². The molecular weight excluding hydrogens is 478 g/mol. The van der Waals surface area contributed by atoms with Gasteiger partial charge in [0, 0.05) is 28.1 Å². The number of carboxylic acid groups (broad SMARTS) is 2. The molecule has 2 aliphatic rings. The van der Waals surface area contributed by atoms with E-state index in [1.807, 2.05) is 0 Å². The molecule has 11 heteroatoms. The van der Waals surface area contributed by atoms with E-state index in [1.165, 1.54) is 0 Å². The Labute approximate surface area is 208 Å². The summed E-state index contributed by atoms with van der Waals surface area (Å²) in [5.41, 5.74) is -3.61. The third-order valence-corrected chi connectivity index (χ3v) is 7.53. The molecule has 2 saturated carbocycles. The molecule has 0 unspecified atom stereocenters. The minimum atomic E-state index is -1.96. The third-order valence-electron chi connectivity index (χ3n) is 7.29. The molecule has 0 heterocycles. The molecule has 1 aromatic rings. The number of nitrogens with one attached hydrogen (secondary N) is 3. The van der Waals surface area contributed by atoms with Gasteiger partial charge in [-0.15, -0.1) is 0 Å². The van der Waals surface area contributed by atoms with Crippen molar-refractivity contribution in [2.75, 3.05) is 5.32 Å². The lowest BCUT2D eigenvalue weighted by Crippen LogP contribution is -2.69. The maximum absolute atomic E-state index is 13.0. The van der Waals surface area contributed by atoms with Gasteiger partial charge in [-0.1, -0.05) is 31.5 Å². The van der Waals surface area contributed by atoms with E-state index in [2.05, 4.69) is 16.0 Å². The Bertz CT molecular complexity index is 1040. The lowest BCUT2D eigenvalue weighted by Gasteiger charge is -2.48. The predicted molar refractivity (Wildman–Crippen MR) is 128 cm³/mol. The highest BCUT2D eigenvalue weighted by atomic mass is 35.5. The molecule has 1 aromatic carbocycles. The first-order chi connectivity index (χ1) is 16.2. The molecule has 5 atom stereocenters. The van der Waals surface area contributed by atoms with Gasteiger partial charge in [-0.25, -0.2) is 14.4 Å². The Kier molecular flexibility index (Phi) is 7.00. The van der Waals surface area contributed by atoms with E-state index in [1.54, 1.807) is 58.9 Å². The predicted octanol–water partition coefficient (Wildman–Crippen LogP) is 3.95. The second-order valence-electron chi connectivity index (χ2n) is 10.2. The summed E-state index contributed by atoms with van der Waals surface area (Å²) in [6.07, 6.45) is -0.440. The standard InChI is InChI=1S/C24H32ClN3O7/c1-6-23(7-2)17(27-20(33)26-13-10-8-9-12(25)11-13)14-15(18(29)30)16(14)24(23,19(31)32)28-21(34)35-22(3,4)5/h8-11,14-17H,6-7H2,1-5H3,(H,28,34)(H,29,30)(H,31,32)(H2,26,27,33)/t14-,15-,16+,17+,24-/m1/s1. The highest BCUT2D eigenvalue weighted by Gasteiger charge is 2.84. The number of carboxylic acids is 2. The largest absolute Gasteiger partial charge is 0.481 e. The van der Waals surface area contributed by atoms with Gasteiger partial charge < -0.3 is 30.9 Å². The Balaban J connectivity index is 2.02. The van der Waals surface area contributed by atoms with Crippen molar-refractivity contribution in [1.29, 1.82) is 0 Å². The van der Waals surface area contributed by atoms with Gasteiger partial charge in [0.2, 0.25) is 0 Å². The minimum Gasteiger partial charge on any atom is -0.481 e. The molecule has 0 saturated heterocycles. The molecule has 0 bridgehead atoms. The highest BCUT2D eigenvalue weighted by molar-refractivity contribution is 6.30. The van der Waals surface area contributed by atoms with Crippen LogP contribution in [0.5, 0.6) is 0 Å². The normalized spacial score (nSPS) is 28.4. The molecule has 3 rings (SSSR count). The number of aliphatic carboxylic acids is 2. The second-order valence-corrected chi connectivity index (χ2v) is 10.6. The Morgan fingerprint density at radius 1 is 1.11 bits per heavy atom. The maximum atomic E-state index is 13.0. The van der Waals surface area contributed by atoms with Crippen molar-refractivity contribution in [3.8, 4) is 0 Å². The zero-order valence-electron chi connectivity index (χ0n) is 20.3. The zero-order valence-corrected chi connectivity index (χ0v) is 21.1. The van der Waals surface area contributed by atoms with E-state index in [4.69, 9.17) is 16.3 Å². The summed E-state index contributed by atoms with van der Waals surface area (Å²) in [5.74, 6) is -5.21. The first kappa shape index (κ1) is 26.6. The molecule has 35 heavy (non-hydrogen) atoms. The molecule has 0 radical (unpaired) electrons. The average molecular weight is 510 g/mol. The van der Waals surface area contributed by atoms with Gasteiger partial charge in [0.25, 0.3) is 0 Å². The quantitative estimate of drug-likeness (QED) is 0.373. The summed E-state index contributed by atoms with van der Waals surface area (Å²) in [7, 11) is 0. The molecule has 2 fully saturated rings. The Hall–Kier alpha value is -3.01. The van der Waals surface area contributed by atoms with Crippen molar-refractivity contribution in [2.45, 2.75) is 64.6 Å². The van der Waals surface area contributed by atoms with Crippen molar-refractivity contribution >= 4 is 41.4 Å². The first-order valence-corrected chi connectivity index (χ1v) is 11.9. The number of ether oxygens (including phenoxy) is 1. The Morgan fingerprint density at radius 2 is 1.74 bits per heavy atom. The molecule has 0 aromatic heterocycles. The first-order valence-electron chi connectivity index (χ1n) is 11.5. The molecule has 0 aliphatic heterocycles. The average Bonchev–Trinajstić information content (AvgIpc) is 3.42. The van der Waals surface area contributed by atoms with Gasteiger partial charge in [0.1, 0.15) is 5.60 Å². The molecule has 0 spiro atoms. The number of anilines is 1. The zero-order chi connectivity index (χ0) is 26.3. The van der Waals surface area contributed by atoms with Crippen LogP contribution >= 0.6 is 11.6 Å². The van der Waals surface area contributed by atoms with E-state index in [0.717, 1.165) is 0 Å². The molecule has 2 aliphatic carbocycles. The van der Waals surface area contributed by atoms with Crippen LogP contribution in [0.25, 0.3) is 0 Å². The number of rotatable bonds is 7. The van der Waals surface area contributed by atoms with Gasteiger partial charge in [-0.05, 0) is 57.7 Å². The van der Waals surface area contributed by atoms with Crippen molar-refractivity contribution in [1.82, 2.24) is 10.6 Å². The van der Waals surface area contributed by atoms with Crippen LogP contribution in [0.3, 0.4) is 0 Å². The Morgan fingerprint density at radius 3 is 2.23 bits per heavy atom. The fraction of sp³-hybridized carbons (Fsp3) is 0.583. The number of hydrogen-bond acceptors (Lipinski definition) is 5. The smallest absolute Gasteiger partial charge is 0.408 e. The van der Waals surface area contributed by atoms with E-state index in [-0.39, 0.29) is 12.8 Å². The fourth-order valence-electron chi connectivity index (χ4n) is 6.01. The number of amides is 3. The topological polar surface area (TPSA) is 154 Å². The molecule has 192 valence electrons. The lowest BCUT2D eigenvalue weighted by atomic mass is 9.62. The van der Waals surface area contributed by atoms with E-state index in [0.29, 0.717) is 10.7 Å². The molecule has 10 nitrogen and oxygen atoms in total. The number of carbonyl (C=O) groups is 4. The van der Waals surface area contributed by atoms with Crippen LogP contribution in [-0.2, 0) is 14.3 Å². The second kappa shape index (κ2) is 9.22. The van der Waals surface area contributed by atoms with Crippen molar-refractivity contribution in [3.05, 3.63) is 29.3 Å². The summed E-state index contributed by atoms with van der Waals surface area (Å²) in [6, 6.07) is 5.03. The number of halogens is 1. The van der Waals surface area contributed by atoms with Gasteiger partial charge in [0.15, 0.2) is 5.54 Å². The fourth-order valence-corrected chi connectivity index (χ4v) is 6.20. The number of hydrogen-bond donors (Lipinski definition) is 5.